The summed E-state index contributed by atoms with van der Waals surface area (Å²) in [5.41, 5.74) is 8.90. The number of carbonyl (C=O) groups is 2. The fourth-order valence-electron chi connectivity index (χ4n) is 3.48. The van der Waals surface area contributed by atoms with Crippen molar-refractivity contribution in [2.75, 3.05) is 36.7 Å². The van der Waals surface area contributed by atoms with E-state index in [2.05, 4.69) is 10.6 Å². The molecule has 0 radical (unpaired) electrons. The summed E-state index contributed by atoms with van der Waals surface area (Å²) in [4.78, 5) is 25.4. The Labute approximate surface area is 215 Å². The maximum atomic E-state index is 12.9. The van der Waals surface area contributed by atoms with Crippen LogP contribution in [0.4, 0.5) is 21.9 Å². The first-order chi connectivity index (χ1) is 17.9. The number of aliphatic hydroxyl groups is 1. The van der Waals surface area contributed by atoms with Crippen molar-refractivity contribution in [1.29, 1.82) is 0 Å². The van der Waals surface area contributed by atoms with Gasteiger partial charge in [0.25, 0.3) is 0 Å². The molecule has 0 bridgehead atoms. The minimum Gasteiger partial charge on any atom is -0.491 e. The third-order valence-corrected chi connectivity index (χ3v) is 5.33. The Morgan fingerprint density at radius 2 is 1.70 bits per heavy atom. The first-order valence-corrected chi connectivity index (χ1v) is 11.6. The molecule has 37 heavy (non-hydrogen) atoms. The Balaban J connectivity index is 1.85. The zero-order valence-electron chi connectivity index (χ0n) is 20.7. The van der Waals surface area contributed by atoms with Crippen LogP contribution >= 0.6 is 0 Å². The van der Waals surface area contributed by atoms with Gasteiger partial charge < -0.3 is 30.4 Å². The van der Waals surface area contributed by atoms with Gasteiger partial charge >= 0.3 is 6.09 Å². The molecule has 3 aromatic rings. The third-order valence-electron chi connectivity index (χ3n) is 5.33. The molecule has 0 fully saturated rings. The Morgan fingerprint density at radius 3 is 2.41 bits per heavy atom. The lowest BCUT2D eigenvalue weighted by Crippen LogP contribution is -2.27. The van der Waals surface area contributed by atoms with Crippen LogP contribution in [0.5, 0.6) is 5.75 Å². The number of aliphatic hydroxyl groups excluding tert-OH is 1. The highest BCUT2D eigenvalue weighted by Gasteiger charge is 2.28. The molecule has 3 rings (SSSR count). The molecule has 0 saturated carbocycles. The van der Waals surface area contributed by atoms with Crippen molar-refractivity contribution in [3.8, 4) is 5.75 Å². The first-order valence-electron chi connectivity index (χ1n) is 11.6. The van der Waals surface area contributed by atoms with Gasteiger partial charge in [-0.15, -0.1) is 0 Å². The number of nitrogens with two attached hydrogens (primary N) is 1. The summed E-state index contributed by atoms with van der Waals surface area (Å²) in [5.74, 6) is -0.0331. The summed E-state index contributed by atoms with van der Waals surface area (Å²) < 4.78 is 17.1. The largest absolute Gasteiger partial charge is 0.491 e. The quantitative estimate of drug-likeness (QED) is 0.224. The molecule has 0 aliphatic carbocycles. The second-order valence-electron chi connectivity index (χ2n) is 8.06. The highest BCUT2D eigenvalue weighted by atomic mass is 16.6. The maximum absolute atomic E-state index is 12.9. The maximum Gasteiger partial charge on any atom is 0.412 e. The lowest BCUT2D eigenvalue weighted by molar-refractivity contribution is -0.112. The molecule has 0 aliphatic heterocycles. The number of hydrogen-bond donors (Lipinski definition) is 4. The number of carbonyl (C=O) groups excluding carboxylic acids is 2. The number of para-hydroxylation sites is 3. The van der Waals surface area contributed by atoms with Crippen molar-refractivity contribution in [3.05, 3.63) is 96.1 Å². The average molecular weight is 506 g/mol. The van der Waals surface area contributed by atoms with Crippen LogP contribution in [0, 0.1) is 6.92 Å². The van der Waals surface area contributed by atoms with Gasteiger partial charge in [-0.25, -0.2) is 4.79 Å². The number of aryl methyl sites for hydroxylation is 1. The molecule has 0 spiro atoms. The van der Waals surface area contributed by atoms with Crippen LogP contribution in [0.15, 0.2) is 84.9 Å². The fraction of sp³-hybridized carbons (Fsp3) is 0.214. The van der Waals surface area contributed by atoms with Crippen LogP contribution in [0.25, 0.3) is 0 Å². The van der Waals surface area contributed by atoms with Gasteiger partial charge in [0.1, 0.15) is 18.5 Å². The molecule has 0 heterocycles. The van der Waals surface area contributed by atoms with E-state index in [1.807, 2.05) is 19.1 Å². The average Bonchev–Trinajstić information content (AvgIpc) is 2.90. The molecule has 3 aromatic carbocycles. The summed E-state index contributed by atoms with van der Waals surface area (Å²) >= 11 is 0. The van der Waals surface area contributed by atoms with Crippen molar-refractivity contribution < 1.29 is 28.9 Å². The lowest BCUT2D eigenvalue weighted by Gasteiger charge is -2.26. The van der Waals surface area contributed by atoms with E-state index in [0.717, 1.165) is 5.56 Å². The summed E-state index contributed by atoms with van der Waals surface area (Å²) in [5, 5.41) is 14.6. The first kappa shape index (κ1) is 27.3. The lowest BCUT2D eigenvalue weighted by atomic mass is 10.0. The van der Waals surface area contributed by atoms with Crippen molar-refractivity contribution in [2.24, 2.45) is 0 Å². The predicted octanol–water partition coefficient (Wildman–Crippen LogP) is 4.45. The number of ether oxygens (including phenoxy) is 3. The molecule has 194 valence electrons. The van der Waals surface area contributed by atoms with Crippen molar-refractivity contribution in [2.45, 2.75) is 19.1 Å². The number of benzene rings is 3. The van der Waals surface area contributed by atoms with Crippen molar-refractivity contribution in [1.82, 2.24) is 0 Å². The number of amides is 2. The van der Waals surface area contributed by atoms with Crippen LogP contribution in [0.2, 0.25) is 0 Å². The van der Waals surface area contributed by atoms with E-state index < -0.39 is 24.2 Å². The van der Waals surface area contributed by atoms with Crippen molar-refractivity contribution >= 4 is 29.1 Å². The van der Waals surface area contributed by atoms with Gasteiger partial charge in [0.2, 0.25) is 5.91 Å². The normalized spacial score (nSPS) is 12.5. The molecular weight excluding hydrogens is 474 g/mol. The van der Waals surface area contributed by atoms with Gasteiger partial charge in [-0.1, -0.05) is 48.0 Å². The van der Waals surface area contributed by atoms with Gasteiger partial charge in [-0.2, -0.15) is 0 Å². The van der Waals surface area contributed by atoms with Gasteiger partial charge in [0.15, 0.2) is 6.10 Å². The monoisotopic (exact) mass is 505 g/mol. The number of nitrogens with one attached hydrogen (secondary N) is 2. The Bertz CT molecular complexity index is 1210. The standard InChI is InChI=1S/C28H31N3O6/c1-19-11-13-20(14-12-19)30-28(34)37-27(21-7-3-6-10-24(21)36-18-17-32)25(35-2)15-16-26(33)31-23-9-5-4-8-22(23)29/h3-16,25,27,32H,17-18,29H2,1-2H3,(H,30,34)(H,31,33)/b16-15+/t25-,27-/m0/s1. The summed E-state index contributed by atoms with van der Waals surface area (Å²) in [7, 11) is 1.44. The van der Waals surface area contributed by atoms with Gasteiger partial charge in [0, 0.05) is 24.4 Å². The highest BCUT2D eigenvalue weighted by molar-refractivity contribution is 6.01. The summed E-state index contributed by atoms with van der Waals surface area (Å²) in [6, 6.07) is 21.1. The number of hydrogen-bond acceptors (Lipinski definition) is 7. The molecule has 0 aromatic heterocycles. The smallest absolute Gasteiger partial charge is 0.412 e. The second kappa shape index (κ2) is 13.7. The molecule has 2 amide bonds. The van der Waals surface area contributed by atoms with Crippen molar-refractivity contribution in [3.63, 3.8) is 0 Å². The predicted molar refractivity (Wildman–Crippen MR) is 142 cm³/mol. The van der Waals surface area contributed by atoms with Gasteiger partial charge in [-0.3, -0.25) is 10.1 Å². The molecule has 0 saturated heterocycles. The van der Waals surface area contributed by atoms with E-state index in [9.17, 15) is 14.7 Å². The SMILES string of the molecule is CO[C@@H](/C=C/C(=O)Nc1ccccc1N)[C@@H](OC(=O)Nc1ccc(C)cc1)c1ccccc1OCCO. The fourth-order valence-corrected chi connectivity index (χ4v) is 3.48. The van der Waals surface area contributed by atoms with Crippen LogP contribution in [0.1, 0.15) is 17.2 Å². The Kier molecular flexibility index (Phi) is 10.1. The molecule has 0 aliphatic rings. The number of rotatable bonds is 11. The Morgan fingerprint density at radius 1 is 1.00 bits per heavy atom. The molecule has 2 atom stereocenters. The third kappa shape index (κ3) is 8.09. The van der Waals surface area contributed by atoms with E-state index in [1.165, 1.54) is 19.3 Å². The number of nitrogen functional groups attached to an aromatic ring is 1. The molecule has 9 heteroatoms. The van der Waals surface area contributed by atoms with Gasteiger partial charge in [0.05, 0.1) is 18.0 Å². The van der Waals surface area contributed by atoms with Crippen LogP contribution in [0.3, 0.4) is 0 Å². The molecule has 0 unspecified atom stereocenters. The Hall–Kier alpha value is -4.34. The van der Waals surface area contributed by atoms with Crippen LogP contribution in [-0.2, 0) is 14.3 Å². The number of methoxy groups -OCH3 is 1. The van der Waals surface area contributed by atoms with E-state index in [4.69, 9.17) is 19.9 Å². The molecule has 9 nitrogen and oxygen atoms in total. The zero-order valence-corrected chi connectivity index (χ0v) is 20.7. The van der Waals surface area contributed by atoms with E-state index >= 15 is 0 Å². The van der Waals surface area contributed by atoms with E-state index in [0.29, 0.717) is 28.4 Å². The zero-order chi connectivity index (χ0) is 26.6. The summed E-state index contributed by atoms with van der Waals surface area (Å²) in [6.07, 6.45) is 0.202. The van der Waals surface area contributed by atoms with E-state index in [-0.39, 0.29) is 13.2 Å². The summed E-state index contributed by atoms with van der Waals surface area (Å²) in [6.45, 7) is 1.80. The highest BCUT2D eigenvalue weighted by Crippen LogP contribution is 2.32. The van der Waals surface area contributed by atoms with Crippen LogP contribution < -0.4 is 21.1 Å². The molecule has 5 N–H and O–H groups in total. The molecular formula is C28H31N3O6. The van der Waals surface area contributed by atoms with Crippen LogP contribution in [-0.4, -0.2) is 43.5 Å². The number of anilines is 3. The minimum absolute atomic E-state index is 0.0493. The second-order valence-corrected chi connectivity index (χ2v) is 8.06. The van der Waals surface area contributed by atoms with E-state index in [1.54, 1.807) is 60.7 Å². The van der Waals surface area contributed by atoms with Gasteiger partial charge in [-0.05, 0) is 43.3 Å². The topological polar surface area (TPSA) is 132 Å². The minimum atomic E-state index is -0.990.